The summed E-state index contributed by atoms with van der Waals surface area (Å²) in [6.45, 7) is 1.91. The topological polar surface area (TPSA) is 58.2 Å². The minimum absolute atomic E-state index is 0.00992. The lowest BCUT2D eigenvalue weighted by molar-refractivity contribution is -0.137. The number of hydrogen-bond donors (Lipinski definition) is 2. The van der Waals surface area contributed by atoms with Gasteiger partial charge in [-0.05, 0) is 36.8 Å². The van der Waals surface area contributed by atoms with Gasteiger partial charge in [-0.2, -0.15) is 13.2 Å². The molecule has 2 N–H and O–H groups in total. The predicted octanol–water partition coefficient (Wildman–Crippen LogP) is 5.09. The van der Waals surface area contributed by atoms with E-state index >= 15 is 0 Å². The van der Waals surface area contributed by atoms with Gasteiger partial charge >= 0.3 is 6.18 Å². The van der Waals surface area contributed by atoms with Crippen LogP contribution in [0.3, 0.4) is 0 Å². The molecule has 7 heteroatoms. The molecule has 138 valence electrons. The fourth-order valence-corrected chi connectivity index (χ4v) is 2.29. The largest absolute Gasteiger partial charge is 0.416 e. The van der Waals surface area contributed by atoms with E-state index in [1.54, 1.807) is 30.3 Å². The first-order chi connectivity index (χ1) is 12.3. The van der Waals surface area contributed by atoms with Gasteiger partial charge in [0.1, 0.15) is 0 Å². The smallest absolute Gasteiger partial charge is 0.326 e. The Morgan fingerprint density at radius 3 is 2.15 bits per heavy atom. The van der Waals surface area contributed by atoms with E-state index in [2.05, 4.69) is 10.6 Å². The molecular weight excluding hydrogens is 345 g/mol. The van der Waals surface area contributed by atoms with Crippen LogP contribution < -0.4 is 10.6 Å². The first-order valence-corrected chi connectivity index (χ1v) is 8.18. The summed E-state index contributed by atoms with van der Waals surface area (Å²) >= 11 is 0. The van der Waals surface area contributed by atoms with E-state index in [-0.39, 0.29) is 23.7 Å². The van der Waals surface area contributed by atoms with Gasteiger partial charge in [0.05, 0.1) is 5.56 Å². The van der Waals surface area contributed by atoms with Crippen molar-refractivity contribution in [3.8, 4) is 0 Å². The number of anilines is 2. The monoisotopic (exact) mass is 364 g/mol. The zero-order valence-corrected chi connectivity index (χ0v) is 14.2. The molecule has 2 rings (SSSR count). The van der Waals surface area contributed by atoms with Crippen molar-refractivity contribution < 1.29 is 22.8 Å². The zero-order valence-electron chi connectivity index (χ0n) is 14.2. The second kappa shape index (κ2) is 8.51. The quantitative estimate of drug-likeness (QED) is 0.750. The molecule has 0 fully saturated rings. The van der Waals surface area contributed by atoms with E-state index in [0.29, 0.717) is 12.0 Å². The van der Waals surface area contributed by atoms with Gasteiger partial charge in [0.2, 0.25) is 5.91 Å². The summed E-state index contributed by atoms with van der Waals surface area (Å²) in [5.41, 5.74) is -0.684. The van der Waals surface area contributed by atoms with Crippen LogP contribution in [0.5, 0.6) is 0 Å². The summed E-state index contributed by atoms with van der Waals surface area (Å²) in [6, 6.07) is 11.1. The molecule has 0 saturated heterocycles. The molecule has 0 heterocycles. The molecule has 2 aromatic rings. The van der Waals surface area contributed by atoms with Crippen LogP contribution in [0.25, 0.3) is 0 Å². The van der Waals surface area contributed by atoms with Gasteiger partial charge in [0.25, 0.3) is 5.91 Å². The maximum atomic E-state index is 13.1. The van der Waals surface area contributed by atoms with Crippen LogP contribution in [-0.4, -0.2) is 11.8 Å². The lowest BCUT2D eigenvalue weighted by atomic mass is 10.1. The van der Waals surface area contributed by atoms with Crippen molar-refractivity contribution in [2.45, 2.75) is 32.4 Å². The van der Waals surface area contributed by atoms with Crippen LogP contribution in [0.4, 0.5) is 24.5 Å². The van der Waals surface area contributed by atoms with Crippen LogP contribution >= 0.6 is 0 Å². The summed E-state index contributed by atoms with van der Waals surface area (Å²) in [5, 5.41) is 4.89. The highest BCUT2D eigenvalue weighted by molar-refractivity contribution is 6.04. The van der Waals surface area contributed by atoms with Crippen LogP contribution in [0.1, 0.15) is 42.1 Å². The molecule has 2 amide bonds. The van der Waals surface area contributed by atoms with Crippen LogP contribution in [0, 0.1) is 0 Å². The van der Waals surface area contributed by atoms with E-state index in [1.165, 1.54) is 6.07 Å². The Labute approximate surface area is 149 Å². The van der Waals surface area contributed by atoms with Crippen molar-refractivity contribution >= 4 is 23.2 Å². The summed E-state index contributed by atoms with van der Waals surface area (Å²) in [7, 11) is 0. The highest BCUT2D eigenvalue weighted by Gasteiger charge is 2.31. The Bertz CT molecular complexity index is 774. The molecule has 0 unspecified atom stereocenters. The first-order valence-electron chi connectivity index (χ1n) is 8.18. The van der Waals surface area contributed by atoms with E-state index in [9.17, 15) is 22.8 Å². The van der Waals surface area contributed by atoms with Gasteiger partial charge in [-0.15, -0.1) is 0 Å². The Hall–Kier alpha value is -2.83. The van der Waals surface area contributed by atoms with E-state index in [0.717, 1.165) is 18.6 Å². The molecule has 0 spiro atoms. The van der Waals surface area contributed by atoms with Gasteiger partial charge in [-0.3, -0.25) is 9.59 Å². The summed E-state index contributed by atoms with van der Waals surface area (Å²) in [6.07, 6.45) is -2.94. The fourth-order valence-electron chi connectivity index (χ4n) is 2.29. The number of benzene rings is 2. The van der Waals surface area contributed by atoms with Crippen molar-refractivity contribution in [1.29, 1.82) is 0 Å². The third-order valence-corrected chi connectivity index (χ3v) is 3.60. The minimum Gasteiger partial charge on any atom is -0.326 e. The fraction of sp³-hybridized carbons (Fsp3) is 0.263. The Morgan fingerprint density at radius 2 is 1.58 bits per heavy atom. The number of halogens is 3. The van der Waals surface area contributed by atoms with Crippen molar-refractivity contribution in [1.82, 2.24) is 0 Å². The van der Waals surface area contributed by atoms with E-state index in [4.69, 9.17) is 0 Å². The summed E-state index contributed by atoms with van der Waals surface area (Å²) in [4.78, 5) is 24.0. The zero-order chi connectivity index (χ0) is 19.2. The lowest BCUT2D eigenvalue weighted by Crippen LogP contribution is -2.15. The average Bonchev–Trinajstić information content (AvgIpc) is 2.59. The number of carbonyl (C=O) groups is 2. The van der Waals surface area contributed by atoms with E-state index < -0.39 is 17.6 Å². The standard InChI is InChI=1S/C19H19F3N2O2/c1-2-3-9-17(25)23-15-10-14(19(20,21)22)11-16(12-15)24-18(26)13-7-5-4-6-8-13/h4-8,10-12H,2-3,9H2,1H3,(H,23,25)(H,24,26). The maximum Gasteiger partial charge on any atom is 0.416 e. The van der Waals surface area contributed by atoms with Crippen LogP contribution in [0.2, 0.25) is 0 Å². The number of amides is 2. The van der Waals surface area contributed by atoms with Crippen molar-refractivity contribution in [2.24, 2.45) is 0 Å². The molecule has 0 bridgehead atoms. The number of nitrogens with one attached hydrogen (secondary N) is 2. The van der Waals surface area contributed by atoms with Gasteiger partial charge < -0.3 is 10.6 Å². The number of unbranched alkanes of at least 4 members (excludes halogenated alkanes) is 1. The first kappa shape index (κ1) is 19.5. The van der Waals surface area contributed by atoms with E-state index in [1.807, 2.05) is 6.92 Å². The highest BCUT2D eigenvalue weighted by Crippen LogP contribution is 2.33. The maximum absolute atomic E-state index is 13.1. The van der Waals surface area contributed by atoms with Crippen molar-refractivity contribution in [3.05, 3.63) is 59.7 Å². The predicted molar refractivity (Wildman–Crippen MR) is 94.0 cm³/mol. The van der Waals surface area contributed by atoms with Gasteiger partial charge in [0, 0.05) is 23.4 Å². The molecular formula is C19H19F3N2O2. The number of rotatable bonds is 6. The molecule has 2 aromatic carbocycles. The third kappa shape index (κ3) is 5.61. The number of hydrogen-bond acceptors (Lipinski definition) is 2. The lowest BCUT2D eigenvalue weighted by Gasteiger charge is -2.14. The summed E-state index contributed by atoms with van der Waals surface area (Å²) < 4.78 is 39.4. The number of alkyl halides is 3. The van der Waals surface area contributed by atoms with Crippen molar-refractivity contribution in [2.75, 3.05) is 10.6 Å². The molecule has 0 saturated carbocycles. The second-order valence-corrected chi connectivity index (χ2v) is 5.77. The third-order valence-electron chi connectivity index (χ3n) is 3.60. The van der Waals surface area contributed by atoms with Gasteiger partial charge in [0.15, 0.2) is 0 Å². The van der Waals surface area contributed by atoms with Gasteiger partial charge in [-0.25, -0.2) is 0 Å². The Balaban J connectivity index is 2.25. The molecule has 0 aliphatic carbocycles. The SMILES string of the molecule is CCCCC(=O)Nc1cc(NC(=O)c2ccccc2)cc(C(F)(F)F)c1. The molecule has 0 aliphatic heterocycles. The van der Waals surface area contributed by atoms with Crippen molar-refractivity contribution in [3.63, 3.8) is 0 Å². The Kier molecular flexibility index (Phi) is 6.38. The van der Waals surface area contributed by atoms with Crippen LogP contribution in [-0.2, 0) is 11.0 Å². The van der Waals surface area contributed by atoms with Crippen LogP contribution in [0.15, 0.2) is 48.5 Å². The molecule has 0 radical (unpaired) electrons. The molecule has 0 atom stereocenters. The van der Waals surface area contributed by atoms with Gasteiger partial charge in [-0.1, -0.05) is 31.5 Å². The second-order valence-electron chi connectivity index (χ2n) is 5.77. The Morgan fingerprint density at radius 1 is 0.962 bits per heavy atom. The number of carbonyl (C=O) groups excluding carboxylic acids is 2. The minimum atomic E-state index is -4.60. The average molecular weight is 364 g/mol. The normalized spacial score (nSPS) is 11.1. The molecule has 26 heavy (non-hydrogen) atoms. The molecule has 0 aliphatic rings. The summed E-state index contributed by atoms with van der Waals surface area (Å²) in [5.74, 6) is -0.903. The highest BCUT2D eigenvalue weighted by atomic mass is 19.4. The molecule has 4 nitrogen and oxygen atoms in total. The molecule has 0 aromatic heterocycles.